The highest BCUT2D eigenvalue weighted by Crippen LogP contribution is 2.16. The number of nitrogens with two attached hydrogens (primary N) is 1. The van der Waals surface area contributed by atoms with Crippen LogP contribution in [0.15, 0.2) is 54.9 Å². The van der Waals surface area contributed by atoms with Crippen molar-refractivity contribution in [3.63, 3.8) is 0 Å². The second kappa shape index (κ2) is 5.93. The van der Waals surface area contributed by atoms with Crippen LogP contribution in [0.1, 0.15) is 12.0 Å². The van der Waals surface area contributed by atoms with Gasteiger partial charge in [-0.15, -0.1) is 0 Å². The zero-order chi connectivity index (χ0) is 14.7. The molecule has 0 spiro atoms. The standard InChI is InChI=1S/C16H18N4O/c17-14-7-6-13(8-14)16(21)18-9-12-10-19-20(11-12)15-4-2-1-3-5-15/h1-7,10-11,13-14H,8-9,17H2,(H,18,21). The van der Waals surface area contributed by atoms with Crippen LogP contribution < -0.4 is 11.1 Å². The molecule has 1 aromatic carbocycles. The van der Waals surface area contributed by atoms with Crippen LogP contribution in [-0.2, 0) is 11.3 Å². The van der Waals surface area contributed by atoms with Gasteiger partial charge in [-0.2, -0.15) is 5.10 Å². The molecule has 0 fully saturated rings. The molecule has 1 amide bonds. The summed E-state index contributed by atoms with van der Waals surface area (Å²) in [5.41, 5.74) is 7.73. The van der Waals surface area contributed by atoms with Crippen molar-refractivity contribution in [2.24, 2.45) is 11.7 Å². The van der Waals surface area contributed by atoms with E-state index in [1.807, 2.05) is 48.7 Å². The maximum Gasteiger partial charge on any atom is 0.227 e. The minimum atomic E-state index is -0.107. The number of amides is 1. The highest BCUT2D eigenvalue weighted by Gasteiger charge is 2.22. The summed E-state index contributed by atoms with van der Waals surface area (Å²) in [5, 5.41) is 7.23. The van der Waals surface area contributed by atoms with Crippen LogP contribution in [0, 0.1) is 5.92 Å². The fourth-order valence-corrected chi connectivity index (χ4v) is 2.42. The van der Waals surface area contributed by atoms with Crippen molar-refractivity contribution >= 4 is 5.91 Å². The van der Waals surface area contributed by atoms with E-state index in [9.17, 15) is 4.79 Å². The lowest BCUT2D eigenvalue weighted by Crippen LogP contribution is -2.30. The summed E-state index contributed by atoms with van der Waals surface area (Å²) in [6.07, 6.45) is 8.15. The number of nitrogens with one attached hydrogen (secondary N) is 1. The molecule has 0 saturated carbocycles. The first-order valence-corrected chi connectivity index (χ1v) is 7.03. The smallest absolute Gasteiger partial charge is 0.227 e. The average Bonchev–Trinajstić information content (AvgIpc) is 3.15. The molecule has 1 aliphatic carbocycles. The fraction of sp³-hybridized carbons (Fsp3) is 0.250. The Labute approximate surface area is 123 Å². The summed E-state index contributed by atoms with van der Waals surface area (Å²) >= 11 is 0. The third-order valence-corrected chi connectivity index (χ3v) is 3.58. The molecule has 21 heavy (non-hydrogen) atoms. The van der Waals surface area contributed by atoms with Gasteiger partial charge >= 0.3 is 0 Å². The molecule has 1 aliphatic rings. The largest absolute Gasteiger partial charge is 0.351 e. The number of hydrogen-bond donors (Lipinski definition) is 2. The molecule has 2 atom stereocenters. The van der Waals surface area contributed by atoms with E-state index in [0.717, 1.165) is 11.3 Å². The second-order valence-electron chi connectivity index (χ2n) is 5.24. The Morgan fingerprint density at radius 1 is 1.33 bits per heavy atom. The van der Waals surface area contributed by atoms with Crippen molar-refractivity contribution in [3.05, 3.63) is 60.4 Å². The normalized spacial score (nSPS) is 20.6. The molecule has 5 nitrogen and oxygen atoms in total. The van der Waals surface area contributed by atoms with Gasteiger partial charge in [-0.05, 0) is 18.6 Å². The third-order valence-electron chi connectivity index (χ3n) is 3.58. The number of nitrogens with zero attached hydrogens (tertiary/aromatic N) is 2. The SMILES string of the molecule is NC1C=CC(C(=O)NCc2cnn(-c3ccccc3)c2)C1. The number of benzene rings is 1. The average molecular weight is 282 g/mol. The maximum absolute atomic E-state index is 12.0. The lowest BCUT2D eigenvalue weighted by molar-refractivity contribution is -0.123. The lowest BCUT2D eigenvalue weighted by Gasteiger charge is -2.09. The molecular formula is C16H18N4O. The van der Waals surface area contributed by atoms with Crippen molar-refractivity contribution in [1.29, 1.82) is 0 Å². The molecule has 0 aliphatic heterocycles. The summed E-state index contributed by atoms with van der Waals surface area (Å²) in [6.45, 7) is 0.477. The van der Waals surface area contributed by atoms with Crippen molar-refractivity contribution in [2.75, 3.05) is 0 Å². The van der Waals surface area contributed by atoms with Gasteiger partial charge in [0.1, 0.15) is 0 Å². The van der Waals surface area contributed by atoms with E-state index in [2.05, 4.69) is 10.4 Å². The predicted molar refractivity (Wildman–Crippen MR) is 80.6 cm³/mol. The number of carbonyl (C=O) groups is 1. The van der Waals surface area contributed by atoms with Gasteiger partial charge in [0.15, 0.2) is 0 Å². The maximum atomic E-state index is 12.0. The third kappa shape index (κ3) is 3.20. The molecule has 0 saturated heterocycles. The van der Waals surface area contributed by atoms with Crippen LogP contribution in [0.25, 0.3) is 5.69 Å². The number of hydrogen-bond acceptors (Lipinski definition) is 3. The first-order chi connectivity index (χ1) is 10.2. The molecule has 5 heteroatoms. The first kappa shape index (κ1) is 13.6. The molecule has 2 aromatic rings. The number of rotatable bonds is 4. The van der Waals surface area contributed by atoms with E-state index < -0.39 is 0 Å². The van der Waals surface area contributed by atoms with Crippen LogP contribution in [0.5, 0.6) is 0 Å². The Morgan fingerprint density at radius 3 is 2.86 bits per heavy atom. The Morgan fingerprint density at radius 2 is 2.14 bits per heavy atom. The van der Waals surface area contributed by atoms with Crippen LogP contribution in [0.4, 0.5) is 0 Å². The Hall–Kier alpha value is -2.40. The van der Waals surface area contributed by atoms with Crippen LogP contribution in [0.3, 0.4) is 0 Å². The topological polar surface area (TPSA) is 72.9 Å². The summed E-state index contributed by atoms with van der Waals surface area (Å²) in [4.78, 5) is 12.0. The first-order valence-electron chi connectivity index (χ1n) is 7.03. The Bertz CT molecular complexity index is 647. The summed E-state index contributed by atoms with van der Waals surface area (Å²) < 4.78 is 1.80. The molecule has 108 valence electrons. The number of carbonyl (C=O) groups excluding carboxylic acids is 1. The highest BCUT2D eigenvalue weighted by molar-refractivity contribution is 5.81. The minimum Gasteiger partial charge on any atom is -0.351 e. The highest BCUT2D eigenvalue weighted by atomic mass is 16.1. The van der Waals surface area contributed by atoms with E-state index in [0.29, 0.717) is 13.0 Å². The molecule has 3 N–H and O–H groups in total. The van der Waals surface area contributed by atoms with Gasteiger partial charge in [0.25, 0.3) is 0 Å². The van der Waals surface area contributed by atoms with Gasteiger partial charge in [-0.3, -0.25) is 4.79 Å². The van der Waals surface area contributed by atoms with Crippen LogP contribution >= 0.6 is 0 Å². The van der Waals surface area contributed by atoms with Gasteiger partial charge < -0.3 is 11.1 Å². The molecular weight excluding hydrogens is 264 g/mol. The van der Waals surface area contributed by atoms with Gasteiger partial charge in [-0.25, -0.2) is 4.68 Å². The zero-order valence-corrected chi connectivity index (χ0v) is 11.6. The van der Waals surface area contributed by atoms with E-state index >= 15 is 0 Å². The monoisotopic (exact) mass is 282 g/mol. The summed E-state index contributed by atoms with van der Waals surface area (Å²) in [5.74, 6) is -0.0872. The van der Waals surface area contributed by atoms with Gasteiger partial charge in [-0.1, -0.05) is 30.4 Å². The van der Waals surface area contributed by atoms with Crippen LogP contribution in [-0.4, -0.2) is 21.7 Å². The van der Waals surface area contributed by atoms with E-state index in [4.69, 9.17) is 5.73 Å². The molecule has 0 radical (unpaired) electrons. The number of aromatic nitrogens is 2. The van der Waals surface area contributed by atoms with E-state index in [-0.39, 0.29) is 17.9 Å². The fourth-order valence-electron chi connectivity index (χ4n) is 2.42. The predicted octanol–water partition coefficient (Wildman–Crippen LogP) is 1.39. The number of para-hydroxylation sites is 1. The summed E-state index contributed by atoms with van der Waals surface area (Å²) in [7, 11) is 0. The minimum absolute atomic E-state index is 0.00146. The summed E-state index contributed by atoms with van der Waals surface area (Å²) in [6, 6.07) is 9.87. The van der Waals surface area contributed by atoms with Gasteiger partial charge in [0.2, 0.25) is 5.91 Å². The molecule has 0 bridgehead atoms. The molecule has 1 aromatic heterocycles. The Balaban J connectivity index is 1.58. The van der Waals surface area contributed by atoms with Crippen molar-refractivity contribution in [2.45, 2.75) is 19.0 Å². The van der Waals surface area contributed by atoms with Gasteiger partial charge in [0, 0.05) is 24.3 Å². The van der Waals surface area contributed by atoms with Gasteiger partial charge in [0.05, 0.1) is 17.8 Å². The van der Waals surface area contributed by atoms with Crippen molar-refractivity contribution in [3.8, 4) is 5.69 Å². The zero-order valence-electron chi connectivity index (χ0n) is 11.6. The van der Waals surface area contributed by atoms with Crippen molar-refractivity contribution < 1.29 is 4.79 Å². The van der Waals surface area contributed by atoms with E-state index in [1.54, 1.807) is 10.9 Å². The molecule has 1 heterocycles. The quantitative estimate of drug-likeness (QED) is 0.832. The van der Waals surface area contributed by atoms with E-state index in [1.165, 1.54) is 0 Å². The molecule has 2 unspecified atom stereocenters. The molecule has 3 rings (SSSR count). The second-order valence-corrected chi connectivity index (χ2v) is 5.24. The van der Waals surface area contributed by atoms with Crippen LogP contribution in [0.2, 0.25) is 0 Å². The Kier molecular flexibility index (Phi) is 3.83. The van der Waals surface area contributed by atoms with Crippen molar-refractivity contribution in [1.82, 2.24) is 15.1 Å². The lowest BCUT2D eigenvalue weighted by atomic mass is 10.1.